The highest BCUT2D eigenvalue weighted by atomic mass is 31.2. The zero-order valence-electron chi connectivity index (χ0n) is 33.9. The zero-order valence-corrected chi connectivity index (χ0v) is 34.8. The molecule has 0 saturated heterocycles. The third kappa shape index (κ3) is 37.2. The normalized spacial score (nSPS) is 13.7. The average molecular weight is 778 g/mol. The molecule has 0 rings (SSSR count). The molecule has 0 aliphatic rings. The summed E-state index contributed by atoms with van der Waals surface area (Å²) in [5, 5.41) is 8.87. The second kappa shape index (κ2) is 37.4. The van der Waals surface area contributed by atoms with Gasteiger partial charge in [0, 0.05) is 12.8 Å². The number of aliphatic carboxylic acids is 1. The summed E-state index contributed by atoms with van der Waals surface area (Å²) >= 11 is 0. The summed E-state index contributed by atoms with van der Waals surface area (Å²) in [7, 11) is -4.70. The number of rotatable bonds is 41. The number of carboxylic acid groups (broad SMARTS) is 1. The summed E-state index contributed by atoms with van der Waals surface area (Å²) in [5.41, 5.74) is 5.32. The lowest BCUT2D eigenvalue weighted by atomic mass is 10.0. The molecule has 0 aromatic carbocycles. The van der Waals surface area contributed by atoms with Crippen LogP contribution in [0, 0.1) is 0 Å². The number of esters is 2. The first-order valence-corrected chi connectivity index (χ1v) is 23.1. The predicted octanol–water partition coefficient (Wildman–Crippen LogP) is 11.1. The Morgan fingerprint density at radius 1 is 0.509 bits per heavy atom. The highest BCUT2D eigenvalue weighted by molar-refractivity contribution is 7.47. The van der Waals surface area contributed by atoms with Crippen LogP contribution in [0.1, 0.15) is 213 Å². The summed E-state index contributed by atoms with van der Waals surface area (Å²) in [5.74, 6) is -2.36. The summed E-state index contributed by atoms with van der Waals surface area (Å²) in [6, 6.07) is -1.52. The number of phosphoric ester groups is 1. The number of nitrogens with two attached hydrogens (primary N) is 1. The van der Waals surface area contributed by atoms with Gasteiger partial charge in [-0.2, -0.15) is 0 Å². The Labute approximate surface area is 323 Å². The van der Waals surface area contributed by atoms with Crippen LogP contribution in [-0.4, -0.2) is 59.9 Å². The number of hydrogen-bond acceptors (Lipinski definition) is 9. The van der Waals surface area contributed by atoms with E-state index in [0.29, 0.717) is 12.8 Å². The number of carbonyl (C=O) groups excluding carboxylic acids is 2. The quantitative estimate of drug-likeness (QED) is 0.0306. The van der Waals surface area contributed by atoms with E-state index in [1.54, 1.807) is 0 Å². The molecule has 0 heterocycles. The highest BCUT2D eigenvalue weighted by Crippen LogP contribution is 2.43. The van der Waals surface area contributed by atoms with E-state index < -0.39 is 51.1 Å². The van der Waals surface area contributed by atoms with E-state index in [9.17, 15) is 23.8 Å². The van der Waals surface area contributed by atoms with Crippen molar-refractivity contribution in [2.24, 2.45) is 5.73 Å². The molecule has 4 N–H and O–H groups in total. The molecule has 0 aliphatic heterocycles. The van der Waals surface area contributed by atoms with E-state index in [-0.39, 0.29) is 19.4 Å². The minimum atomic E-state index is -4.70. The summed E-state index contributed by atoms with van der Waals surface area (Å²) < 4.78 is 32.6. The van der Waals surface area contributed by atoms with Gasteiger partial charge in [0.05, 0.1) is 13.2 Å². The monoisotopic (exact) mass is 778 g/mol. The predicted molar refractivity (Wildman–Crippen MR) is 213 cm³/mol. The first kappa shape index (κ1) is 51.5. The van der Waals surface area contributed by atoms with Crippen molar-refractivity contribution < 1.29 is 47.5 Å². The number of phosphoric acid groups is 1. The topological polar surface area (TPSA) is 172 Å². The average Bonchev–Trinajstić information content (AvgIpc) is 3.13. The molecular formula is C41H80NO10P. The van der Waals surface area contributed by atoms with E-state index in [2.05, 4.69) is 18.4 Å². The SMILES string of the molecule is CCCCCCCCCCCCCCCCCCCCC(=O)OC[C@H](COP(=O)(O)OC[C@H](N)C(=O)O)OC(=O)CCCCCCCCCCCCC. The summed E-state index contributed by atoms with van der Waals surface area (Å²) in [6.45, 7) is 2.82. The van der Waals surface area contributed by atoms with Gasteiger partial charge < -0.3 is 25.2 Å². The number of hydrogen-bond donors (Lipinski definition) is 3. The van der Waals surface area contributed by atoms with Crippen LogP contribution in [0.3, 0.4) is 0 Å². The van der Waals surface area contributed by atoms with Gasteiger partial charge in [0.15, 0.2) is 6.10 Å². The Morgan fingerprint density at radius 3 is 1.19 bits per heavy atom. The van der Waals surface area contributed by atoms with Crippen LogP contribution in [0.5, 0.6) is 0 Å². The molecular weight excluding hydrogens is 697 g/mol. The second-order valence-corrected chi connectivity index (χ2v) is 16.3. The van der Waals surface area contributed by atoms with Crippen LogP contribution in [0.25, 0.3) is 0 Å². The molecule has 0 aliphatic carbocycles. The Morgan fingerprint density at radius 2 is 0.830 bits per heavy atom. The maximum Gasteiger partial charge on any atom is 0.472 e. The fraction of sp³-hybridized carbons (Fsp3) is 0.927. The van der Waals surface area contributed by atoms with Gasteiger partial charge >= 0.3 is 25.7 Å². The van der Waals surface area contributed by atoms with Crippen molar-refractivity contribution in [3.8, 4) is 0 Å². The third-order valence-corrected chi connectivity index (χ3v) is 10.6. The van der Waals surface area contributed by atoms with Crippen molar-refractivity contribution in [2.45, 2.75) is 225 Å². The van der Waals surface area contributed by atoms with Crippen LogP contribution in [0.2, 0.25) is 0 Å². The van der Waals surface area contributed by atoms with Crippen LogP contribution in [0.15, 0.2) is 0 Å². The van der Waals surface area contributed by atoms with Crippen LogP contribution in [0.4, 0.5) is 0 Å². The van der Waals surface area contributed by atoms with Crippen molar-refractivity contribution in [3.63, 3.8) is 0 Å². The molecule has 0 aromatic rings. The molecule has 53 heavy (non-hydrogen) atoms. The fourth-order valence-corrected chi connectivity index (χ4v) is 6.96. The summed E-state index contributed by atoms with van der Waals surface area (Å²) in [4.78, 5) is 45.8. The van der Waals surface area contributed by atoms with Crippen molar-refractivity contribution in [2.75, 3.05) is 19.8 Å². The van der Waals surface area contributed by atoms with E-state index in [1.807, 2.05) is 0 Å². The van der Waals surface area contributed by atoms with Crippen molar-refractivity contribution in [3.05, 3.63) is 0 Å². The molecule has 3 atom stereocenters. The second-order valence-electron chi connectivity index (χ2n) is 14.8. The van der Waals surface area contributed by atoms with Crippen molar-refractivity contribution in [1.29, 1.82) is 0 Å². The zero-order chi connectivity index (χ0) is 39.3. The van der Waals surface area contributed by atoms with Gasteiger partial charge in [0.1, 0.15) is 12.6 Å². The van der Waals surface area contributed by atoms with Crippen molar-refractivity contribution >= 4 is 25.7 Å². The Balaban J connectivity index is 4.26. The van der Waals surface area contributed by atoms with Gasteiger partial charge in [-0.15, -0.1) is 0 Å². The van der Waals surface area contributed by atoms with Crippen LogP contribution in [-0.2, 0) is 37.5 Å². The Bertz CT molecular complexity index is 921. The molecule has 0 fully saturated rings. The van der Waals surface area contributed by atoms with Gasteiger partial charge in [0.2, 0.25) is 0 Å². The maximum atomic E-state index is 12.6. The summed E-state index contributed by atoms with van der Waals surface area (Å²) in [6.07, 6.45) is 34.6. The molecule has 0 radical (unpaired) electrons. The van der Waals surface area contributed by atoms with Gasteiger partial charge in [-0.25, -0.2) is 4.57 Å². The number of ether oxygens (including phenoxy) is 2. The minimum Gasteiger partial charge on any atom is -0.480 e. The van der Waals surface area contributed by atoms with E-state index in [1.165, 1.54) is 135 Å². The third-order valence-electron chi connectivity index (χ3n) is 9.61. The molecule has 0 spiro atoms. The molecule has 0 bridgehead atoms. The lowest BCUT2D eigenvalue weighted by Crippen LogP contribution is -2.34. The molecule has 1 unspecified atom stereocenters. The van der Waals surface area contributed by atoms with Crippen LogP contribution >= 0.6 is 7.82 Å². The van der Waals surface area contributed by atoms with Crippen LogP contribution < -0.4 is 5.73 Å². The lowest BCUT2D eigenvalue weighted by molar-refractivity contribution is -0.161. The van der Waals surface area contributed by atoms with Crippen molar-refractivity contribution in [1.82, 2.24) is 0 Å². The number of unbranched alkanes of at least 4 members (excludes halogenated alkanes) is 27. The van der Waals surface area contributed by atoms with E-state index >= 15 is 0 Å². The number of carboxylic acids is 1. The van der Waals surface area contributed by atoms with Gasteiger partial charge in [0.25, 0.3) is 0 Å². The fourth-order valence-electron chi connectivity index (χ4n) is 6.18. The Hall–Kier alpha value is -1.52. The van der Waals surface area contributed by atoms with E-state index in [0.717, 1.165) is 38.5 Å². The maximum absolute atomic E-state index is 12.6. The lowest BCUT2D eigenvalue weighted by Gasteiger charge is -2.20. The molecule has 314 valence electrons. The standard InChI is InChI=1S/C41H80NO10P/c1-3-5-7-9-11-13-15-16-17-18-19-20-21-23-24-26-28-30-32-39(43)49-34-37(35-50-53(47,48)51-36-38(42)41(45)46)52-40(44)33-31-29-27-25-22-14-12-10-8-6-4-2/h37-38H,3-36,42H2,1-2H3,(H,45,46)(H,47,48)/t37-,38+/m1/s1. The molecule has 0 aromatic heterocycles. The van der Waals surface area contributed by atoms with Gasteiger partial charge in [-0.3, -0.25) is 23.4 Å². The molecule has 0 amide bonds. The van der Waals surface area contributed by atoms with Gasteiger partial charge in [-0.1, -0.05) is 187 Å². The minimum absolute atomic E-state index is 0.168. The highest BCUT2D eigenvalue weighted by Gasteiger charge is 2.28. The first-order chi connectivity index (χ1) is 25.6. The van der Waals surface area contributed by atoms with Gasteiger partial charge in [-0.05, 0) is 12.8 Å². The number of carbonyl (C=O) groups is 3. The first-order valence-electron chi connectivity index (χ1n) is 21.6. The molecule has 12 heteroatoms. The molecule has 11 nitrogen and oxygen atoms in total. The van der Waals surface area contributed by atoms with E-state index in [4.69, 9.17) is 24.8 Å². The molecule has 0 saturated carbocycles. The Kier molecular flexibility index (Phi) is 36.3. The smallest absolute Gasteiger partial charge is 0.472 e. The largest absolute Gasteiger partial charge is 0.480 e.